The van der Waals surface area contributed by atoms with Crippen LogP contribution in [0.3, 0.4) is 0 Å². The Kier molecular flexibility index (Phi) is 4.67. The van der Waals surface area contributed by atoms with E-state index in [1.165, 1.54) is 0 Å². The summed E-state index contributed by atoms with van der Waals surface area (Å²) in [5, 5.41) is 8.72. The maximum atomic E-state index is 11.2. The van der Waals surface area contributed by atoms with Gasteiger partial charge in [-0.05, 0) is 25.7 Å². The zero-order chi connectivity index (χ0) is 9.19. The van der Waals surface area contributed by atoms with Gasteiger partial charge in [0.25, 0.3) is 0 Å². The molecule has 0 spiro atoms. The molecule has 0 aliphatic heterocycles. The van der Waals surface area contributed by atoms with Crippen molar-refractivity contribution in [1.82, 2.24) is 0 Å². The molecule has 3 N–H and O–H groups in total. The van der Waals surface area contributed by atoms with Gasteiger partial charge in [-0.2, -0.15) is 0 Å². The second-order valence-corrected chi connectivity index (χ2v) is 3.33. The van der Waals surface area contributed by atoms with E-state index in [0.29, 0.717) is 19.4 Å². The summed E-state index contributed by atoms with van der Waals surface area (Å²) in [7, 11) is 0. The molecule has 78 valence electrons. The van der Waals surface area contributed by atoms with Gasteiger partial charge >= 0.3 is 5.97 Å². The topological polar surface area (TPSA) is 72.5 Å². The molecule has 1 aliphatic carbocycles. The molecule has 13 heavy (non-hydrogen) atoms. The molecule has 0 unspecified atom stereocenters. The van der Waals surface area contributed by atoms with Crippen molar-refractivity contribution >= 4 is 18.4 Å². The Hall–Kier alpha value is -0.320. The fourth-order valence-electron chi connectivity index (χ4n) is 1.54. The fraction of sp³-hybridized carbons (Fsp3) is 0.875. The minimum absolute atomic E-state index is 0. The van der Waals surface area contributed by atoms with Crippen molar-refractivity contribution in [2.45, 2.75) is 25.3 Å². The van der Waals surface area contributed by atoms with Crippen LogP contribution in [0.2, 0.25) is 0 Å². The SMILES string of the molecule is CCOC(=O)C1(N)CC(CO)C1.Cl. The Balaban J connectivity index is 0.00000144. The Morgan fingerprint density at radius 1 is 1.69 bits per heavy atom. The van der Waals surface area contributed by atoms with Crippen molar-refractivity contribution in [3.63, 3.8) is 0 Å². The molecule has 1 saturated carbocycles. The molecule has 0 atom stereocenters. The van der Waals surface area contributed by atoms with Gasteiger partial charge in [-0.25, -0.2) is 0 Å². The highest BCUT2D eigenvalue weighted by atomic mass is 35.5. The molecule has 0 bridgehead atoms. The number of aliphatic hydroxyl groups excluding tert-OH is 1. The summed E-state index contributed by atoms with van der Waals surface area (Å²) >= 11 is 0. The summed E-state index contributed by atoms with van der Waals surface area (Å²) in [5.41, 5.74) is 4.90. The Morgan fingerprint density at radius 2 is 2.23 bits per heavy atom. The van der Waals surface area contributed by atoms with Crippen molar-refractivity contribution < 1.29 is 14.6 Å². The van der Waals surface area contributed by atoms with E-state index < -0.39 is 5.54 Å². The average Bonchev–Trinajstić information content (AvgIpc) is 1.99. The molecule has 0 aromatic rings. The lowest BCUT2D eigenvalue weighted by Gasteiger charge is -2.41. The van der Waals surface area contributed by atoms with Crippen LogP contribution in [0.4, 0.5) is 0 Å². The van der Waals surface area contributed by atoms with Gasteiger partial charge in [-0.15, -0.1) is 12.4 Å². The van der Waals surface area contributed by atoms with Crippen LogP contribution >= 0.6 is 12.4 Å². The molecule has 0 radical (unpaired) electrons. The average molecular weight is 210 g/mol. The monoisotopic (exact) mass is 209 g/mol. The van der Waals surface area contributed by atoms with E-state index in [2.05, 4.69) is 0 Å². The summed E-state index contributed by atoms with van der Waals surface area (Å²) < 4.78 is 4.80. The quantitative estimate of drug-likeness (QED) is 0.646. The van der Waals surface area contributed by atoms with Gasteiger partial charge in [0.2, 0.25) is 0 Å². The van der Waals surface area contributed by atoms with Crippen molar-refractivity contribution in [1.29, 1.82) is 0 Å². The highest BCUT2D eigenvalue weighted by Crippen LogP contribution is 2.36. The normalized spacial score (nSPS) is 31.5. The maximum absolute atomic E-state index is 11.2. The first-order valence-electron chi connectivity index (χ1n) is 4.19. The van der Waals surface area contributed by atoms with Gasteiger partial charge in [0, 0.05) is 6.61 Å². The van der Waals surface area contributed by atoms with Gasteiger partial charge < -0.3 is 15.6 Å². The van der Waals surface area contributed by atoms with Crippen LogP contribution in [-0.4, -0.2) is 29.8 Å². The van der Waals surface area contributed by atoms with Gasteiger partial charge in [0.1, 0.15) is 5.54 Å². The van der Waals surface area contributed by atoms with Crippen LogP contribution in [0.1, 0.15) is 19.8 Å². The van der Waals surface area contributed by atoms with Gasteiger partial charge in [-0.1, -0.05) is 0 Å². The predicted molar refractivity (Wildman–Crippen MR) is 50.6 cm³/mol. The van der Waals surface area contributed by atoms with Crippen LogP contribution in [0.5, 0.6) is 0 Å². The first-order chi connectivity index (χ1) is 5.62. The number of carbonyl (C=O) groups is 1. The highest BCUT2D eigenvalue weighted by molar-refractivity contribution is 5.85. The second kappa shape index (κ2) is 4.79. The number of esters is 1. The summed E-state index contributed by atoms with van der Waals surface area (Å²) in [5.74, 6) is -0.158. The zero-order valence-electron chi connectivity index (χ0n) is 7.66. The van der Waals surface area contributed by atoms with Crippen molar-refractivity contribution in [2.75, 3.05) is 13.2 Å². The largest absolute Gasteiger partial charge is 0.465 e. The van der Waals surface area contributed by atoms with E-state index in [-0.39, 0.29) is 30.9 Å². The molecule has 5 heteroatoms. The fourth-order valence-corrected chi connectivity index (χ4v) is 1.54. The zero-order valence-corrected chi connectivity index (χ0v) is 8.47. The van der Waals surface area contributed by atoms with Gasteiger partial charge in [0.05, 0.1) is 6.61 Å². The molecule has 1 fully saturated rings. The van der Waals surface area contributed by atoms with Crippen molar-refractivity contribution in [2.24, 2.45) is 11.7 Å². The maximum Gasteiger partial charge on any atom is 0.326 e. The number of aliphatic hydroxyl groups is 1. The Morgan fingerprint density at radius 3 is 2.62 bits per heavy atom. The number of nitrogens with two attached hydrogens (primary N) is 1. The second-order valence-electron chi connectivity index (χ2n) is 3.33. The van der Waals surface area contributed by atoms with E-state index in [1.54, 1.807) is 6.92 Å². The lowest BCUT2D eigenvalue weighted by atomic mass is 9.69. The third-order valence-corrected chi connectivity index (χ3v) is 2.25. The molecule has 0 amide bonds. The standard InChI is InChI=1S/C8H15NO3.ClH/c1-2-12-7(11)8(9)3-6(4-8)5-10;/h6,10H,2-5,9H2,1H3;1H. The number of rotatable bonds is 3. The Labute approximate surface area is 83.9 Å². The first kappa shape index (κ1) is 12.7. The summed E-state index contributed by atoms with van der Waals surface area (Å²) in [6, 6.07) is 0. The molecule has 1 rings (SSSR count). The van der Waals surface area contributed by atoms with Crippen LogP contribution in [0, 0.1) is 5.92 Å². The highest BCUT2D eigenvalue weighted by Gasteiger charge is 2.47. The van der Waals surface area contributed by atoms with Crippen LogP contribution in [0.25, 0.3) is 0 Å². The number of ether oxygens (including phenoxy) is 1. The molecular weight excluding hydrogens is 194 g/mol. The predicted octanol–water partition coefficient (Wildman–Crippen LogP) is 0.0711. The van der Waals surface area contributed by atoms with Crippen molar-refractivity contribution in [3.8, 4) is 0 Å². The lowest BCUT2D eigenvalue weighted by molar-refractivity contribution is -0.156. The van der Waals surface area contributed by atoms with E-state index in [9.17, 15) is 4.79 Å². The third kappa shape index (κ3) is 2.56. The van der Waals surface area contributed by atoms with Crippen molar-refractivity contribution in [3.05, 3.63) is 0 Å². The molecule has 0 saturated heterocycles. The van der Waals surface area contributed by atoms with Crippen LogP contribution in [0.15, 0.2) is 0 Å². The molecule has 0 aromatic heterocycles. The van der Waals surface area contributed by atoms with E-state index >= 15 is 0 Å². The minimum atomic E-state index is -0.816. The van der Waals surface area contributed by atoms with Gasteiger partial charge in [0.15, 0.2) is 0 Å². The summed E-state index contributed by atoms with van der Waals surface area (Å²) in [4.78, 5) is 11.2. The summed E-state index contributed by atoms with van der Waals surface area (Å²) in [6.45, 7) is 2.23. The number of halogens is 1. The minimum Gasteiger partial charge on any atom is -0.465 e. The van der Waals surface area contributed by atoms with E-state index in [0.717, 1.165) is 0 Å². The molecule has 0 heterocycles. The number of hydrogen-bond acceptors (Lipinski definition) is 4. The first-order valence-corrected chi connectivity index (χ1v) is 4.19. The third-order valence-electron chi connectivity index (χ3n) is 2.25. The molecule has 0 aromatic carbocycles. The Bertz CT molecular complexity index is 180. The van der Waals surface area contributed by atoms with E-state index in [1.807, 2.05) is 0 Å². The van der Waals surface area contributed by atoms with Crippen LogP contribution in [-0.2, 0) is 9.53 Å². The lowest BCUT2D eigenvalue weighted by Crippen LogP contribution is -2.59. The van der Waals surface area contributed by atoms with E-state index in [4.69, 9.17) is 15.6 Å². The molecule has 1 aliphatic rings. The van der Waals surface area contributed by atoms with Gasteiger partial charge in [-0.3, -0.25) is 4.79 Å². The smallest absolute Gasteiger partial charge is 0.326 e. The molecule has 4 nitrogen and oxygen atoms in total. The number of hydrogen-bond donors (Lipinski definition) is 2. The molecular formula is C8H16ClNO3. The summed E-state index contributed by atoms with van der Waals surface area (Å²) in [6.07, 6.45) is 1.09. The van der Waals surface area contributed by atoms with Crippen LogP contribution < -0.4 is 5.73 Å². The number of carbonyl (C=O) groups excluding carboxylic acids is 1.